The van der Waals surface area contributed by atoms with E-state index in [1.165, 1.54) is 28.8 Å². The number of pyridine rings is 2. The number of hydrogen-bond donors (Lipinski definition) is 1. The molecule has 0 unspecified atom stereocenters. The van der Waals surface area contributed by atoms with Crippen molar-refractivity contribution in [1.29, 1.82) is 0 Å². The number of hydrogen-bond acceptors (Lipinski definition) is 7. The molecule has 234 valence electrons. The number of rotatable bonds is 6. The van der Waals surface area contributed by atoms with E-state index in [2.05, 4.69) is 20.0 Å². The number of carboxylic acid groups (broad SMARTS) is 1. The molecule has 1 saturated heterocycles. The van der Waals surface area contributed by atoms with Gasteiger partial charge in [-0.25, -0.2) is 18.2 Å². The Kier molecular flexibility index (Phi) is 7.52. The summed E-state index contributed by atoms with van der Waals surface area (Å²) < 4.78 is 70.7. The molecule has 5 heterocycles. The van der Waals surface area contributed by atoms with E-state index >= 15 is 0 Å². The van der Waals surface area contributed by atoms with Crippen molar-refractivity contribution in [2.75, 3.05) is 18.0 Å². The highest BCUT2D eigenvalue weighted by Crippen LogP contribution is 2.39. The van der Waals surface area contributed by atoms with Crippen LogP contribution in [0.2, 0.25) is 0 Å². The maximum absolute atomic E-state index is 14.1. The van der Waals surface area contributed by atoms with Crippen molar-refractivity contribution in [3.63, 3.8) is 0 Å². The van der Waals surface area contributed by atoms with Crippen LogP contribution in [0.5, 0.6) is 0 Å². The van der Waals surface area contributed by atoms with Crippen molar-refractivity contribution in [2.24, 2.45) is 0 Å². The molecule has 0 bridgehead atoms. The average Bonchev–Trinajstić information content (AvgIpc) is 3.63. The molecule has 15 heteroatoms. The fourth-order valence-electron chi connectivity index (χ4n) is 6.34. The van der Waals surface area contributed by atoms with Crippen LogP contribution < -0.4 is 4.90 Å². The minimum Gasteiger partial charge on any atom is -0.481 e. The summed E-state index contributed by atoms with van der Waals surface area (Å²) in [5.41, 5.74) is 2.89. The predicted octanol–water partition coefficient (Wildman–Crippen LogP) is 5.09. The Balaban J connectivity index is 1.41. The molecule has 1 N–H and O–H groups in total. The van der Waals surface area contributed by atoms with Crippen molar-refractivity contribution in [2.45, 2.75) is 62.7 Å². The quantitative estimate of drug-likeness (QED) is 0.289. The number of fused-ring (bicyclic) bond motifs is 4. The van der Waals surface area contributed by atoms with E-state index in [4.69, 9.17) is 6.57 Å². The Labute approximate surface area is 256 Å². The molecule has 2 aliphatic heterocycles. The highest BCUT2D eigenvalue weighted by molar-refractivity contribution is 7.89. The molecule has 2 atom stereocenters. The number of aryl methyl sites for hydroxylation is 2. The first-order chi connectivity index (χ1) is 21.3. The summed E-state index contributed by atoms with van der Waals surface area (Å²) in [6.07, 6.45) is -0.877. The van der Waals surface area contributed by atoms with E-state index in [0.29, 0.717) is 34.6 Å². The van der Waals surface area contributed by atoms with Crippen molar-refractivity contribution in [3.8, 4) is 0 Å². The second-order valence-corrected chi connectivity index (χ2v) is 13.3. The summed E-state index contributed by atoms with van der Waals surface area (Å²) >= 11 is 0. The van der Waals surface area contributed by atoms with Gasteiger partial charge in [0, 0.05) is 44.0 Å². The molecule has 0 radical (unpaired) electrons. The topological polar surface area (TPSA) is 125 Å². The zero-order valence-electron chi connectivity index (χ0n) is 24.3. The van der Waals surface area contributed by atoms with E-state index in [0.717, 1.165) is 22.8 Å². The number of nitrogens with zero attached hydrogens (tertiary/aromatic N) is 7. The highest BCUT2D eigenvalue weighted by Gasteiger charge is 2.41. The van der Waals surface area contributed by atoms with Gasteiger partial charge < -0.3 is 10.0 Å². The fourth-order valence-corrected chi connectivity index (χ4v) is 7.96. The molecule has 0 amide bonds. The van der Waals surface area contributed by atoms with Gasteiger partial charge in [-0.3, -0.25) is 9.20 Å². The van der Waals surface area contributed by atoms with Crippen LogP contribution in [0.4, 0.5) is 24.7 Å². The Morgan fingerprint density at radius 1 is 1.20 bits per heavy atom. The summed E-state index contributed by atoms with van der Waals surface area (Å²) in [5.74, 6) is -2.73. The number of halogens is 3. The number of benzene rings is 1. The number of carbonyl (C=O) groups is 1. The minimum atomic E-state index is -4.73. The number of anilines is 1. The van der Waals surface area contributed by atoms with Gasteiger partial charge in [-0.15, -0.1) is 10.2 Å². The maximum atomic E-state index is 14.1. The molecule has 6 rings (SSSR count). The molecule has 3 aromatic heterocycles. The lowest BCUT2D eigenvalue weighted by atomic mass is 9.85. The lowest BCUT2D eigenvalue weighted by Crippen LogP contribution is -2.39. The average molecular weight is 640 g/mol. The van der Waals surface area contributed by atoms with Gasteiger partial charge in [0.2, 0.25) is 21.5 Å². The molecule has 11 nitrogen and oxygen atoms in total. The first kappa shape index (κ1) is 30.5. The predicted molar refractivity (Wildman–Crippen MR) is 156 cm³/mol. The second kappa shape index (κ2) is 11.1. The minimum absolute atomic E-state index is 0.00897. The van der Waals surface area contributed by atoms with E-state index in [1.54, 1.807) is 25.1 Å². The molecule has 1 fully saturated rings. The molecule has 45 heavy (non-hydrogen) atoms. The lowest BCUT2D eigenvalue weighted by molar-refractivity contribution is -0.145. The molecular weight excluding hydrogens is 611 g/mol. The number of alkyl halides is 3. The van der Waals surface area contributed by atoms with Crippen LogP contribution >= 0.6 is 0 Å². The van der Waals surface area contributed by atoms with Gasteiger partial charge in [0.15, 0.2) is 5.65 Å². The molecule has 0 aliphatic carbocycles. The van der Waals surface area contributed by atoms with Crippen molar-refractivity contribution in [1.82, 2.24) is 23.9 Å². The molecule has 0 spiro atoms. The number of aliphatic carboxylic acids is 1. The summed E-state index contributed by atoms with van der Waals surface area (Å²) in [5, 5.41) is 16.9. The van der Waals surface area contributed by atoms with E-state index < -0.39 is 33.9 Å². The Morgan fingerprint density at radius 3 is 2.69 bits per heavy atom. The highest BCUT2D eigenvalue weighted by atomic mass is 32.2. The van der Waals surface area contributed by atoms with Crippen LogP contribution in [-0.2, 0) is 27.5 Å². The monoisotopic (exact) mass is 639 g/mol. The Bertz CT molecular complexity index is 1990. The normalized spacial score (nSPS) is 18.7. The third kappa shape index (κ3) is 5.38. The molecule has 2 aliphatic rings. The van der Waals surface area contributed by atoms with Gasteiger partial charge in [0.1, 0.15) is 10.7 Å². The van der Waals surface area contributed by atoms with E-state index in [9.17, 15) is 31.5 Å². The number of carboxylic acids is 1. The van der Waals surface area contributed by atoms with Gasteiger partial charge in [0.25, 0.3) is 0 Å². The maximum Gasteiger partial charge on any atom is 0.452 e. The van der Waals surface area contributed by atoms with Crippen LogP contribution in [0.15, 0.2) is 47.6 Å². The smallest absolute Gasteiger partial charge is 0.452 e. The summed E-state index contributed by atoms with van der Waals surface area (Å²) in [7, 11) is -4.07. The molecule has 0 saturated carbocycles. The first-order valence-corrected chi connectivity index (χ1v) is 15.6. The molecule has 4 aromatic rings. The summed E-state index contributed by atoms with van der Waals surface area (Å²) in [6.45, 7) is 11.6. The van der Waals surface area contributed by atoms with Crippen LogP contribution in [-0.4, -0.2) is 62.5 Å². The van der Waals surface area contributed by atoms with Crippen LogP contribution in [0.3, 0.4) is 0 Å². The zero-order valence-corrected chi connectivity index (χ0v) is 25.1. The van der Waals surface area contributed by atoms with Gasteiger partial charge in [-0.05, 0) is 66.6 Å². The van der Waals surface area contributed by atoms with Crippen LogP contribution in [0.25, 0.3) is 10.5 Å². The standard InChI is InChI=1S/C30H28F3N7O4S/c1-17-6-7-19(24(13-26(41)42)23-8-10-40-27(18(23)2)36-37-29(40)30(31,32)33)11-20(17)15-38-16-22-5-4-9-39(22)28-25(45(38,43)44)12-21(34-3)14-35-28/h6-8,10-12,14,22,24H,4-5,9,13,15-16H2,1-2H3,(H,41,42)/t22-,24+/m1/s1. The van der Waals surface area contributed by atoms with Gasteiger partial charge >= 0.3 is 12.1 Å². The van der Waals surface area contributed by atoms with Crippen molar-refractivity contribution in [3.05, 3.63) is 87.8 Å². The lowest BCUT2D eigenvalue weighted by Gasteiger charge is -2.26. The van der Waals surface area contributed by atoms with Crippen LogP contribution in [0.1, 0.15) is 58.8 Å². The van der Waals surface area contributed by atoms with Gasteiger partial charge in [0.05, 0.1) is 13.0 Å². The number of sulfonamides is 1. The zero-order chi connectivity index (χ0) is 32.3. The van der Waals surface area contributed by atoms with Crippen molar-refractivity contribution >= 4 is 33.1 Å². The molecular formula is C30H28F3N7O4S. The number of aromatic nitrogens is 4. The van der Waals surface area contributed by atoms with Gasteiger partial charge in [-0.1, -0.05) is 18.2 Å². The third-order valence-electron chi connectivity index (χ3n) is 8.63. The first-order valence-electron chi connectivity index (χ1n) is 14.2. The van der Waals surface area contributed by atoms with Crippen LogP contribution in [0, 0.1) is 20.4 Å². The molecule has 1 aromatic carbocycles. The van der Waals surface area contributed by atoms with Gasteiger partial charge in [-0.2, -0.15) is 17.5 Å². The van der Waals surface area contributed by atoms with E-state index in [-0.39, 0.29) is 41.8 Å². The SMILES string of the molecule is [C-]#[N+]c1cnc2c(c1)S(=O)(=O)N(Cc1cc([C@H](CC(=O)O)c3ccn4c(C(F)(F)F)nnc4c3C)ccc1C)C[C@H]1CCCN21. The second-order valence-electron chi connectivity index (χ2n) is 11.4. The van der Waals surface area contributed by atoms with Crippen molar-refractivity contribution < 1.29 is 31.5 Å². The van der Waals surface area contributed by atoms with E-state index in [1.807, 2.05) is 11.8 Å². The Morgan fingerprint density at radius 2 is 1.98 bits per heavy atom. The largest absolute Gasteiger partial charge is 0.481 e. The Hall–Kier alpha value is -4.55. The third-order valence-corrected chi connectivity index (χ3v) is 10.4. The summed E-state index contributed by atoms with van der Waals surface area (Å²) in [4.78, 5) is 21.7. The fraction of sp³-hybridized carbons (Fsp3) is 0.367. The summed E-state index contributed by atoms with van der Waals surface area (Å²) in [6, 6.07) is 8.00.